The van der Waals surface area contributed by atoms with Gasteiger partial charge in [0.1, 0.15) is 0 Å². The summed E-state index contributed by atoms with van der Waals surface area (Å²) in [5.41, 5.74) is 1.78. The summed E-state index contributed by atoms with van der Waals surface area (Å²) in [6, 6.07) is 5.42. The highest BCUT2D eigenvalue weighted by Crippen LogP contribution is 2.30. The van der Waals surface area contributed by atoms with Gasteiger partial charge in [-0.05, 0) is 12.1 Å². The van der Waals surface area contributed by atoms with Crippen molar-refractivity contribution in [3.05, 3.63) is 33.6 Å². The smallest absolute Gasteiger partial charge is 0.273 e. The first kappa shape index (κ1) is 10.7. The lowest BCUT2D eigenvalue weighted by atomic mass is 10.2. The van der Waals surface area contributed by atoms with E-state index in [9.17, 15) is 0 Å². The van der Waals surface area contributed by atoms with Crippen molar-refractivity contribution in [3.8, 4) is 16.5 Å². The number of hydrogen-bond acceptors (Lipinski definition) is 3. The van der Waals surface area contributed by atoms with Crippen molar-refractivity contribution in [2.45, 2.75) is 0 Å². The van der Waals surface area contributed by atoms with E-state index in [2.05, 4.69) is 4.98 Å². The molecule has 0 aliphatic heterocycles. The first-order valence-electron chi connectivity index (χ1n) is 4.15. The number of nitrogens with zero attached hydrogens (tertiary/aromatic N) is 1. The number of thiazole rings is 1. The van der Waals surface area contributed by atoms with Crippen molar-refractivity contribution >= 4 is 34.5 Å². The van der Waals surface area contributed by atoms with Crippen molar-refractivity contribution in [1.29, 1.82) is 0 Å². The lowest BCUT2D eigenvalue weighted by Gasteiger charge is -1.99. The van der Waals surface area contributed by atoms with Crippen LogP contribution in [0.1, 0.15) is 0 Å². The Kier molecular flexibility index (Phi) is 3.14. The molecule has 0 radical (unpaired) electrons. The maximum absolute atomic E-state index is 5.92. The molecule has 0 spiro atoms. The summed E-state index contributed by atoms with van der Waals surface area (Å²) < 4.78 is 5.02. The zero-order valence-corrected chi connectivity index (χ0v) is 10.2. The molecule has 0 N–H and O–H groups in total. The average Bonchev–Trinajstić information content (AvgIpc) is 2.70. The van der Waals surface area contributed by atoms with Crippen molar-refractivity contribution in [2.75, 3.05) is 7.11 Å². The van der Waals surface area contributed by atoms with Crippen LogP contribution in [0.15, 0.2) is 23.6 Å². The molecular formula is C10H7Cl2NOS. The quantitative estimate of drug-likeness (QED) is 0.810. The number of ether oxygens (including phenoxy) is 1. The van der Waals surface area contributed by atoms with E-state index in [1.165, 1.54) is 11.3 Å². The van der Waals surface area contributed by atoms with Gasteiger partial charge < -0.3 is 4.74 Å². The number of hydrogen-bond donors (Lipinski definition) is 0. The van der Waals surface area contributed by atoms with Crippen LogP contribution in [0.4, 0.5) is 0 Å². The van der Waals surface area contributed by atoms with E-state index < -0.39 is 0 Å². The van der Waals surface area contributed by atoms with Crippen LogP contribution in [0.3, 0.4) is 0 Å². The van der Waals surface area contributed by atoms with Gasteiger partial charge in [-0.1, -0.05) is 40.6 Å². The van der Waals surface area contributed by atoms with Crippen LogP contribution >= 0.6 is 34.5 Å². The van der Waals surface area contributed by atoms with Gasteiger partial charge in [0.15, 0.2) is 0 Å². The second-order valence-electron chi connectivity index (χ2n) is 2.83. The first-order chi connectivity index (χ1) is 7.20. The molecule has 1 heterocycles. The molecule has 0 saturated heterocycles. The van der Waals surface area contributed by atoms with Crippen molar-refractivity contribution in [2.24, 2.45) is 0 Å². The minimum absolute atomic E-state index is 0.529. The van der Waals surface area contributed by atoms with Gasteiger partial charge in [0, 0.05) is 10.9 Å². The summed E-state index contributed by atoms with van der Waals surface area (Å²) in [6.07, 6.45) is 0. The molecule has 0 amide bonds. The molecule has 0 saturated carbocycles. The fraction of sp³-hybridized carbons (Fsp3) is 0.100. The van der Waals surface area contributed by atoms with E-state index >= 15 is 0 Å². The Morgan fingerprint density at radius 2 is 2.07 bits per heavy atom. The zero-order valence-electron chi connectivity index (χ0n) is 7.83. The van der Waals surface area contributed by atoms with Crippen LogP contribution in [0.25, 0.3) is 11.3 Å². The van der Waals surface area contributed by atoms with E-state index in [1.54, 1.807) is 19.2 Å². The summed E-state index contributed by atoms with van der Waals surface area (Å²) in [4.78, 5) is 4.26. The Morgan fingerprint density at radius 1 is 1.27 bits per heavy atom. The topological polar surface area (TPSA) is 22.1 Å². The molecule has 1 aromatic heterocycles. The Hall–Kier alpha value is -0.770. The molecule has 78 valence electrons. The highest BCUT2D eigenvalue weighted by molar-refractivity contribution is 7.11. The first-order valence-corrected chi connectivity index (χ1v) is 5.79. The summed E-state index contributed by atoms with van der Waals surface area (Å²) >= 11 is 13.2. The average molecular weight is 260 g/mol. The minimum atomic E-state index is 0.529. The molecule has 0 aliphatic carbocycles. The van der Waals surface area contributed by atoms with Crippen LogP contribution in [0.5, 0.6) is 5.19 Å². The fourth-order valence-corrected chi connectivity index (χ4v) is 2.09. The second kappa shape index (κ2) is 4.39. The predicted molar refractivity (Wildman–Crippen MR) is 64.1 cm³/mol. The monoisotopic (exact) mass is 259 g/mol. The minimum Gasteiger partial charge on any atom is -0.473 e. The summed E-state index contributed by atoms with van der Waals surface area (Å²) in [5.74, 6) is 0. The number of methoxy groups -OCH3 is 1. The van der Waals surface area contributed by atoms with E-state index in [-0.39, 0.29) is 0 Å². The normalized spacial score (nSPS) is 10.3. The van der Waals surface area contributed by atoms with Crippen molar-refractivity contribution < 1.29 is 4.74 Å². The number of halogens is 2. The van der Waals surface area contributed by atoms with Crippen LogP contribution in [0, 0.1) is 0 Å². The van der Waals surface area contributed by atoms with Gasteiger partial charge in [0.05, 0.1) is 22.8 Å². The lowest BCUT2D eigenvalue weighted by Crippen LogP contribution is -1.82. The second-order valence-corrected chi connectivity index (χ2v) is 4.47. The Bertz CT molecular complexity index is 484. The van der Waals surface area contributed by atoms with E-state index in [0.717, 1.165) is 11.3 Å². The van der Waals surface area contributed by atoms with Gasteiger partial charge in [0.2, 0.25) is 0 Å². The zero-order chi connectivity index (χ0) is 10.8. The van der Waals surface area contributed by atoms with Gasteiger partial charge in [-0.15, -0.1) is 0 Å². The predicted octanol–water partition coefficient (Wildman–Crippen LogP) is 4.13. The summed E-state index contributed by atoms with van der Waals surface area (Å²) in [5, 5.41) is 3.62. The summed E-state index contributed by atoms with van der Waals surface area (Å²) in [6.45, 7) is 0. The van der Waals surface area contributed by atoms with Gasteiger partial charge in [-0.3, -0.25) is 0 Å². The van der Waals surface area contributed by atoms with Gasteiger partial charge in [0.25, 0.3) is 5.19 Å². The molecule has 0 atom stereocenters. The number of rotatable bonds is 2. The van der Waals surface area contributed by atoms with E-state index in [0.29, 0.717) is 15.2 Å². The number of benzene rings is 1. The Labute approximate surface area is 101 Å². The third-order valence-corrected chi connectivity index (χ3v) is 3.41. The molecule has 2 aromatic rings. The SMILES string of the molecule is COc1nc(-c2ccc(Cl)c(Cl)c2)cs1. The Morgan fingerprint density at radius 3 is 2.67 bits per heavy atom. The maximum atomic E-state index is 5.92. The van der Waals surface area contributed by atoms with E-state index in [1.807, 2.05) is 11.4 Å². The molecule has 0 bridgehead atoms. The van der Waals surface area contributed by atoms with Crippen LogP contribution in [-0.2, 0) is 0 Å². The van der Waals surface area contributed by atoms with Crippen LogP contribution in [-0.4, -0.2) is 12.1 Å². The maximum Gasteiger partial charge on any atom is 0.273 e. The van der Waals surface area contributed by atoms with Gasteiger partial charge in [-0.25, -0.2) is 4.98 Å². The molecular weight excluding hydrogens is 253 g/mol. The molecule has 5 heteroatoms. The molecule has 2 rings (SSSR count). The molecule has 0 unspecified atom stereocenters. The fourth-order valence-electron chi connectivity index (χ4n) is 1.14. The van der Waals surface area contributed by atoms with Crippen LogP contribution in [0.2, 0.25) is 10.0 Å². The summed E-state index contributed by atoms with van der Waals surface area (Å²) in [7, 11) is 1.59. The van der Waals surface area contributed by atoms with Crippen molar-refractivity contribution in [3.63, 3.8) is 0 Å². The Balaban J connectivity index is 2.40. The lowest BCUT2D eigenvalue weighted by molar-refractivity contribution is 0.412. The molecule has 0 fully saturated rings. The molecule has 2 nitrogen and oxygen atoms in total. The van der Waals surface area contributed by atoms with Gasteiger partial charge >= 0.3 is 0 Å². The highest BCUT2D eigenvalue weighted by Gasteiger charge is 2.06. The van der Waals surface area contributed by atoms with Crippen LogP contribution < -0.4 is 4.74 Å². The van der Waals surface area contributed by atoms with E-state index in [4.69, 9.17) is 27.9 Å². The largest absolute Gasteiger partial charge is 0.473 e. The number of aromatic nitrogens is 1. The molecule has 1 aromatic carbocycles. The highest BCUT2D eigenvalue weighted by atomic mass is 35.5. The third kappa shape index (κ3) is 2.25. The molecule has 15 heavy (non-hydrogen) atoms. The van der Waals surface area contributed by atoms with Gasteiger partial charge in [-0.2, -0.15) is 0 Å². The standard InChI is InChI=1S/C10H7Cl2NOS/c1-14-10-13-9(5-15-10)6-2-3-7(11)8(12)4-6/h2-5H,1H3. The van der Waals surface area contributed by atoms with Crippen molar-refractivity contribution in [1.82, 2.24) is 4.98 Å². The molecule has 0 aliphatic rings. The third-order valence-electron chi connectivity index (χ3n) is 1.87.